The molecule has 1 aliphatic heterocycles. The number of phenols is 1. The Hall–Kier alpha value is -0.290. The number of halogens is 1. The summed E-state index contributed by atoms with van der Waals surface area (Å²) in [6.07, 6.45) is 3.45. The van der Waals surface area contributed by atoms with Crippen LogP contribution in [0.5, 0.6) is 5.75 Å². The molecular weight excluding hydrogens is 291 g/mol. The maximum absolute atomic E-state index is 9.70. The Labute approximate surface area is 97.4 Å². The Kier molecular flexibility index (Phi) is 3.28. The molecule has 1 aromatic rings. The van der Waals surface area contributed by atoms with Crippen molar-refractivity contribution in [2.75, 3.05) is 6.61 Å². The van der Waals surface area contributed by atoms with Crippen LogP contribution in [0.25, 0.3) is 0 Å². The van der Waals surface area contributed by atoms with Crippen LogP contribution in [-0.2, 0) is 4.74 Å². The fourth-order valence-corrected chi connectivity index (χ4v) is 2.28. The lowest BCUT2D eigenvalue weighted by Crippen LogP contribution is -2.11. The van der Waals surface area contributed by atoms with Crippen molar-refractivity contribution in [2.24, 2.45) is 0 Å². The van der Waals surface area contributed by atoms with Gasteiger partial charge in [0.2, 0.25) is 0 Å². The van der Waals surface area contributed by atoms with E-state index in [9.17, 15) is 5.11 Å². The van der Waals surface area contributed by atoms with E-state index >= 15 is 0 Å². The molecule has 1 atom stereocenters. The van der Waals surface area contributed by atoms with E-state index in [0.717, 1.165) is 28.6 Å². The molecule has 0 amide bonds. The highest BCUT2D eigenvalue weighted by molar-refractivity contribution is 14.1. The number of aromatic hydroxyl groups is 1. The molecule has 0 saturated carbocycles. The lowest BCUT2D eigenvalue weighted by Gasteiger charge is -2.23. The first kappa shape index (κ1) is 10.2. The fourth-order valence-electron chi connectivity index (χ4n) is 1.77. The molecule has 2 nitrogen and oxygen atoms in total. The normalized spacial score (nSPS) is 22.2. The summed E-state index contributed by atoms with van der Waals surface area (Å²) in [6, 6.07) is 5.66. The van der Waals surface area contributed by atoms with E-state index in [1.54, 1.807) is 6.07 Å². The number of hydrogen-bond donors (Lipinski definition) is 1. The van der Waals surface area contributed by atoms with E-state index in [2.05, 4.69) is 22.6 Å². The highest BCUT2D eigenvalue weighted by Gasteiger charge is 2.19. The van der Waals surface area contributed by atoms with Gasteiger partial charge in [0.05, 0.1) is 6.10 Å². The van der Waals surface area contributed by atoms with Crippen LogP contribution >= 0.6 is 22.6 Å². The van der Waals surface area contributed by atoms with E-state index < -0.39 is 0 Å². The lowest BCUT2D eigenvalue weighted by molar-refractivity contribution is 0.0136. The fraction of sp³-hybridized carbons (Fsp3) is 0.455. The van der Waals surface area contributed by atoms with Gasteiger partial charge in [0.15, 0.2) is 0 Å². The molecule has 1 heterocycles. The molecule has 14 heavy (non-hydrogen) atoms. The van der Waals surface area contributed by atoms with E-state index in [0.29, 0.717) is 5.75 Å². The summed E-state index contributed by atoms with van der Waals surface area (Å²) in [5.74, 6) is 0.359. The Bertz CT molecular complexity index is 319. The summed E-state index contributed by atoms with van der Waals surface area (Å²) in [4.78, 5) is 0. The second-order valence-corrected chi connectivity index (χ2v) is 4.80. The second kappa shape index (κ2) is 4.49. The van der Waals surface area contributed by atoms with Gasteiger partial charge in [-0.1, -0.05) is 0 Å². The van der Waals surface area contributed by atoms with Gasteiger partial charge >= 0.3 is 0 Å². The molecule has 0 aliphatic carbocycles. The van der Waals surface area contributed by atoms with Crippen molar-refractivity contribution < 1.29 is 9.84 Å². The lowest BCUT2D eigenvalue weighted by atomic mass is 10.0. The van der Waals surface area contributed by atoms with Crippen LogP contribution in [0.3, 0.4) is 0 Å². The molecular formula is C11H13IO2. The molecule has 0 spiro atoms. The third-order valence-electron chi connectivity index (χ3n) is 2.52. The minimum absolute atomic E-state index is 0.0958. The van der Waals surface area contributed by atoms with Crippen molar-refractivity contribution in [3.05, 3.63) is 27.3 Å². The van der Waals surface area contributed by atoms with Crippen LogP contribution in [0, 0.1) is 3.57 Å². The summed E-state index contributed by atoms with van der Waals surface area (Å²) < 4.78 is 6.78. The summed E-state index contributed by atoms with van der Waals surface area (Å²) in [5, 5.41) is 9.70. The predicted octanol–water partition coefficient (Wildman–Crippen LogP) is 3.24. The highest BCUT2D eigenvalue weighted by Crippen LogP contribution is 2.34. The molecule has 1 unspecified atom stereocenters. The van der Waals surface area contributed by atoms with E-state index in [1.807, 2.05) is 12.1 Å². The van der Waals surface area contributed by atoms with Gasteiger partial charge in [0, 0.05) is 15.7 Å². The van der Waals surface area contributed by atoms with Crippen molar-refractivity contribution >= 4 is 22.6 Å². The monoisotopic (exact) mass is 304 g/mol. The van der Waals surface area contributed by atoms with Crippen LogP contribution in [-0.4, -0.2) is 11.7 Å². The molecule has 0 bridgehead atoms. The van der Waals surface area contributed by atoms with Crippen LogP contribution in [0.1, 0.15) is 30.9 Å². The van der Waals surface area contributed by atoms with Gasteiger partial charge in [0.25, 0.3) is 0 Å². The minimum Gasteiger partial charge on any atom is -0.508 e. The van der Waals surface area contributed by atoms with Crippen molar-refractivity contribution in [2.45, 2.75) is 25.4 Å². The number of phenolic OH excluding ortho intramolecular Hbond substituents is 1. The number of hydrogen-bond acceptors (Lipinski definition) is 2. The number of benzene rings is 1. The topological polar surface area (TPSA) is 29.5 Å². The zero-order valence-electron chi connectivity index (χ0n) is 7.87. The quantitative estimate of drug-likeness (QED) is 0.807. The number of rotatable bonds is 1. The van der Waals surface area contributed by atoms with Gasteiger partial charge in [0.1, 0.15) is 5.75 Å². The minimum atomic E-state index is 0.0958. The standard InChI is InChI=1S/C11H13IO2/c12-8-4-5-10(13)9(7-8)11-3-1-2-6-14-11/h4-5,7,11,13H,1-3,6H2. The molecule has 0 radical (unpaired) electrons. The van der Waals surface area contributed by atoms with Gasteiger partial charge in [-0.05, 0) is 60.1 Å². The molecule has 1 saturated heterocycles. The van der Waals surface area contributed by atoms with Crippen LogP contribution in [0.15, 0.2) is 18.2 Å². The average Bonchev–Trinajstić information content (AvgIpc) is 2.23. The maximum Gasteiger partial charge on any atom is 0.121 e. The summed E-state index contributed by atoms with van der Waals surface area (Å²) in [5.41, 5.74) is 0.941. The molecule has 76 valence electrons. The van der Waals surface area contributed by atoms with Gasteiger partial charge < -0.3 is 9.84 Å². The van der Waals surface area contributed by atoms with Crippen molar-refractivity contribution in [1.82, 2.24) is 0 Å². The first-order valence-electron chi connectivity index (χ1n) is 4.87. The van der Waals surface area contributed by atoms with E-state index in [1.165, 1.54) is 6.42 Å². The second-order valence-electron chi connectivity index (χ2n) is 3.56. The Morgan fingerprint density at radius 2 is 2.21 bits per heavy atom. The summed E-state index contributed by atoms with van der Waals surface area (Å²) in [6.45, 7) is 0.815. The van der Waals surface area contributed by atoms with E-state index in [-0.39, 0.29) is 6.10 Å². The Morgan fingerprint density at radius 1 is 1.36 bits per heavy atom. The molecule has 1 fully saturated rings. The maximum atomic E-state index is 9.70. The molecule has 1 aliphatic rings. The third kappa shape index (κ3) is 2.20. The SMILES string of the molecule is Oc1ccc(I)cc1C1CCCCO1. The Morgan fingerprint density at radius 3 is 2.93 bits per heavy atom. The first-order valence-corrected chi connectivity index (χ1v) is 5.95. The van der Waals surface area contributed by atoms with Crippen LogP contribution in [0.2, 0.25) is 0 Å². The smallest absolute Gasteiger partial charge is 0.121 e. The molecule has 1 N–H and O–H groups in total. The van der Waals surface area contributed by atoms with Crippen LogP contribution in [0.4, 0.5) is 0 Å². The van der Waals surface area contributed by atoms with Crippen LogP contribution < -0.4 is 0 Å². The molecule has 3 heteroatoms. The van der Waals surface area contributed by atoms with Gasteiger partial charge in [-0.25, -0.2) is 0 Å². The van der Waals surface area contributed by atoms with Crippen molar-refractivity contribution in [3.8, 4) is 5.75 Å². The third-order valence-corrected chi connectivity index (χ3v) is 3.19. The van der Waals surface area contributed by atoms with Crippen molar-refractivity contribution in [3.63, 3.8) is 0 Å². The zero-order valence-corrected chi connectivity index (χ0v) is 10.0. The average molecular weight is 304 g/mol. The molecule has 1 aromatic carbocycles. The highest BCUT2D eigenvalue weighted by atomic mass is 127. The Balaban J connectivity index is 2.24. The predicted molar refractivity (Wildman–Crippen MR) is 63.4 cm³/mol. The largest absolute Gasteiger partial charge is 0.508 e. The zero-order chi connectivity index (χ0) is 9.97. The van der Waals surface area contributed by atoms with Gasteiger partial charge in [-0.15, -0.1) is 0 Å². The van der Waals surface area contributed by atoms with Gasteiger partial charge in [-0.3, -0.25) is 0 Å². The summed E-state index contributed by atoms with van der Waals surface area (Å²) >= 11 is 2.25. The molecule has 2 rings (SSSR count). The van der Waals surface area contributed by atoms with E-state index in [4.69, 9.17) is 4.74 Å². The number of ether oxygens (including phenoxy) is 1. The first-order chi connectivity index (χ1) is 6.77. The van der Waals surface area contributed by atoms with Crippen molar-refractivity contribution in [1.29, 1.82) is 0 Å². The molecule has 0 aromatic heterocycles. The summed E-state index contributed by atoms with van der Waals surface area (Å²) in [7, 11) is 0. The van der Waals surface area contributed by atoms with Gasteiger partial charge in [-0.2, -0.15) is 0 Å².